The highest BCUT2D eigenvalue weighted by Crippen LogP contribution is 2.16. The number of nitrogens with one attached hydrogen (secondary N) is 2. The second-order valence-electron chi connectivity index (χ2n) is 5.62. The fraction of sp³-hybridized carbons (Fsp3) is 0.294. The van der Waals surface area contributed by atoms with Crippen LogP contribution in [0, 0.1) is 6.92 Å². The molecule has 0 spiro atoms. The summed E-state index contributed by atoms with van der Waals surface area (Å²) in [6.45, 7) is 2.72. The van der Waals surface area contributed by atoms with Crippen LogP contribution in [0.15, 0.2) is 35.0 Å². The van der Waals surface area contributed by atoms with Crippen molar-refractivity contribution in [1.29, 1.82) is 0 Å². The molecule has 2 N–H and O–H groups in total. The molecule has 3 aromatic rings. The molecule has 0 aliphatic rings. The molecular weight excluding hydrogens is 338 g/mol. The number of aryl methyl sites for hydroxylation is 1. The van der Waals surface area contributed by atoms with Crippen molar-refractivity contribution < 1.29 is 18.8 Å². The quantitative estimate of drug-likeness (QED) is 0.622. The smallest absolute Gasteiger partial charge is 0.287 e. The van der Waals surface area contributed by atoms with Crippen molar-refractivity contribution in [3.8, 4) is 0 Å². The van der Waals surface area contributed by atoms with E-state index in [1.807, 2.05) is 0 Å². The fourth-order valence-corrected chi connectivity index (χ4v) is 2.46. The lowest BCUT2D eigenvalue weighted by atomic mass is 10.3. The molecule has 0 saturated heterocycles. The van der Waals surface area contributed by atoms with Crippen molar-refractivity contribution in [2.24, 2.45) is 0 Å². The van der Waals surface area contributed by atoms with E-state index in [1.165, 1.54) is 0 Å². The molecular formula is C17H19N5O4. The summed E-state index contributed by atoms with van der Waals surface area (Å²) in [5.41, 5.74) is 0.653. The average Bonchev–Trinajstić information content (AvgIpc) is 3.22. The molecule has 2 amide bonds. The number of hydrogen-bond acceptors (Lipinski definition) is 6. The van der Waals surface area contributed by atoms with Crippen molar-refractivity contribution in [3.05, 3.63) is 47.7 Å². The Kier molecular flexibility index (Phi) is 5.28. The maximum Gasteiger partial charge on any atom is 0.287 e. The van der Waals surface area contributed by atoms with E-state index < -0.39 is 5.91 Å². The van der Waals surface area contributed by atoms with Gasteiger partial charge in [-0.15, -0.1) is 0 Å². The lowest BCUT2D eigenvalue weighted by Gasteiger charge is -2.03. The largest absolute Gasteiger partial charge is 0.385 e. The van der Waals surface area contributed by atoms with Crippen LogP contribution in [-0.4, -0.2) is 46.6 Å². The molecule has 0 saturated carbocycles. The molecule has 0 unspecified atom stereocenters. The van der Waals surface area contributed by atoms with Gasteiger partial charge in [-0.05, 0) is 25.5 Å². The van der Waals surface area contributed by atoms with Gasteiger partial charge < -0.3 is 19.9 Å². The molecule has 0 aliphatic heterocycles. The molecule has 9 nitrogen and oxygen atoms in total. The third kappa shape index (κ3) is 3.72. The van der Waals surface area contributed by atoms with Crippen LogP contribution in [0.5, 0.6) is 0 Å². The molecule has 0 aliphatic carbocycles. The Balaban J connectivity index is 1.84. The molecule has 0 atom stereocenters. The lowest BCUT2D eigenvalue weighted by molar-refractivity contribution is 0.0937. The summed E-state index contributed by atoms with van der Waals surface area (Å²) in [6.07, 6.45) is 2.37. The van der Waals surface area contributed by atoms with Crippen LogP contribution < -0.4 is 10.6 Å². The summed E-state index contributed by atoms with van der Waals surface area (Å²) < 4.78 is 11.5. The Morgan fingerprint density at radius 1 is 1.31 bits per heavy atom. The summed E-state index contributed by atoms with van der Waals surface area (Å²) in [5, 5.41) is 9.11. The second-order valence-corrected chi connectivity index (χ2v) is 5.62. The number of carbonyl (C=O) groups is 2. The molecule has 3 rings (SSSR count). The van der Waals surface area contributed by atoms with Crippen LogP contribution in [0.2, 0.25) is 0 Å². The van der Waals surface area contributed by atoms with Gasteiger partial charge in [0.1, 0.15) is 5.76 Å². The maximum absolute atomic E-state index is 12.6. The molecule has 26 heavy (non-hydrogen) atoms. The minimum absolute atomic E-state index is 0.133. The van der Waals surface area contributed by atoms with Gasteiger partial charge in [-0.25, -0.2) is 4.98 Å². The predicted octanol–water partition coefficient (Wildman–Crippen LogP) is 1.65. The van der Waals surface area contributed by atoms with Crippen molar-refractivity contribution in [2.75, 3.05) is 25.6 Å². The van der Waals surface area contributed by atoms with Gasteiger partial charge in [-0.3, -0.25) is 14.0 Å². The number of rotatable bonds is 7. The molecule has 0 radical (unpaired) electrons. The highest BCUT2D eigenvalue weighted by atomic mass is 16.5. The number of carbonyl (C=O) groups excluding carboxylic acids is 2. The van der Waals surface area contributed by atoms with E-state index in [1.54, 1.807) is 48.9 Å². The van der Waals surface area contributed by atoms with Crippen LogP contribution in [0.4, 0.5) is 5.82 Å². The van der Waals surface area contributed by atoms with E-state index in [4.69, 9.17) is 9.26 Å². The predicted molar refractivity (Wildman–Crippen MR) is 93.2 cm³/mol. The highest BCUT2D eigenvalue weighted by molar-refractivity contribution is 6.08. The first-order valence-electron chi connectivity index (χ1n) is 8.09. The standard InChI is InChI=1S/C17H19N5O4/c1-11-10-13(21-26-11)19-16(23)14-12-6-3-4-8-22(12)15(20-14)17(24)18-7-5-9-25-2/h3-4,6,8,10H,5,7,9H2,1-2H3,(H,18,24)(H,19,21,23). The Morgan fingerprint density at radius 2 is 2.15 bits per heavy atom. The summed E-state index contributed by atoms with van der Waals surface area (Å²) >= 11 is 0. The summed E-state index contributed by atoms with van der Waals surface area (Å²) in [6, 6.07) is 6.85. The number of anilines is 1. The first-order valence-corrected chi connectivity index (χ1v) is 8.09. The van der Waals surface area contributed by atoms with E-state index in [0.29, 0.717) is 30.8 Å². The van der Waals surface area contributed by atoms with Crippen molar-refractivity contribution in [1.82, 2.24) is 19.9 Å². The number of fused-ring (bicyclic) bond motifs is 1. The van der Waals surface area contributed by atoms with Crippen LogP contribution in [0.3, 0.4) is 0 Å². The van der Waals surface area contributed by atoms with E-state index in [9.17, 15) is 9.59 Å². The summed E-state index contributed by atoms with van der Waals surface area (Å²) in [4.78, 5) is 29.2. The average molecular weight is 357 g/mol. The fourth-order valence-electron chi connectivity index (χ4n) is 2.46. The van der Waals surface area contributed by atoms with Crippen LogP contribution in [0.25, 0.3) is 5.52 Å². The monoisotopic (exact) mass is 357 g/mol. The van der Waals surface area contributed by atoms with E-state index in [2.05, 4.69) is 20.8 Å². The zero-order chi connectivity index (χ0) is 18.5. The van der Waals surface area contributed by atoms with E-state index in [0.717, 1.165) is 0 Å². The molecule has 136 valence electrons. The first-order chi connectivity index (χ1) is 12.6. The number of pyridine rings is 1. The van der Waals surface area contributed by atoms with Gasteiger partial charge in [0.2, 0.25) is 5.82 Å². The zero-order valence-electron chi connectivity index (χ0n) is 14.5. The Bertz CT molecular complexity index is 930. The number of nitrogens with zero attached hydrogens (tertiary/aromatic N) is 3. The summed E-state index contributed by atoms with van der Waals surface area (Å²) in [7, 11) is 1.60. The number of hydrogen-bond donors (Lipinski definition) is 2. The van der Waals surface area contributed by atoms with Gasteiger partial charge in [0.05, 0.1) is 5.52 Å². The van der Waals surface area contributed by atoms with Crippen molar-refractivity contribution >= 4 is 23.1 Å². The van der Waals surface area contributed by atoms with Gasteiger partial charge in [0.25, 0.3) is 11.8 Å². The van der Waals surface area contributed by atoms with Gasteiger partial charge in [-0.1, -0.05) is 11.2 Å². The molecule has 3 heterocycles. The Hall–Kier alpha value is -3.20. The third-order valence-corrected chi connectivity index (χ3v) is 3.65. The number of amides is 2. The minimum Gasteiger partial charge on any atom is -0.385 e. The van der Waals surface area contributed by atoms with E-state index in [-0.39, 0.29) is 23.2 Å². The van der Waals surface area contributed by atoms with Crippen molar-refractivity contribution in [3.63, 3.8) is 0 Å². The second kappa shape index (κ2) is 7.79. The maximum atomic E-state index is 12.6. The van der Waals surface area contributed by atoms with Gasteiger partial charge in [-0.2, -0.15) is 0 Å². The number of ether oxygens (including phenoxy) is 1. The topological polar surface area (TPSA) is 111 Å². The minimum atomic E-state index is -0.472. The van der Waals surface area contributed by atoms with Gasteiger partial charge in [0, 0.05) is 32.5 Å². The van der Waals surface area contributed by atoms with Crippen LogP contribution >= 0.6 is 0 Å². The van der Waals surface area contributed by atoms with Gasteiger partial charge >= 0.3 is 0 Å². The number of methoxy groups -OCH3 is 1. The molecule has 3 aromatic heterocycles. The van der Waals surface area contributed by atoms with E-state index >= 15 is 0 Å². The highest BCUT2D eigenvalue weighted by Gasteiger charge is 2.22. The first kappa shape index (κ1) is 17.6. The molecule has 9 heteroatoms. The number of aromatic nitrogens is 3. The molecule has 0 bridgehead atoms. The Morgan fingerprint density at radius 3 is 2.88 bits per heavy atom. The summed E-state index contributed by atoms with van der Waals surface area (Å²) in [5.74, 6) is 0.167. The van der Waals surface area contributed by atoms with Crippen molar-refractivity contribution in [2.45, 2.75) is 13.3 Å². The SMILES string of the molecule is COCCCNC(=O)c1nc(C(=O)Nc2cc(C)on2)c2ccccn12. The van der Waals surface area contributed by atoms with Gasteiger partial charge in [0.15, 0.2) is 11.5 Å². The lowest BCUT2D eigenvalue weighted by Crippen LogP contribution is -2.27. The number of imidazole rings is 1. The zero-order valence-corrected chi connectivity index (χ0v) is 14.5. The Labute approximate surface area is 149 Å². The normalized spacial score (nSPS) is 10.8. The molecule has 0 fully saturated rings. The third-order valence-electron chi connectivity index (χ3n) is 3.65. The van der Waals surface area contributed by atoms with Crippen LogP contribution in [-0.2, 0) is 4.74 Å². The molecule has 0 aromatic carbocycles. The van der Waals surface area contributed by atoms with Crippen LogP contribution in [0.1, 0.15) is 33.3 Å².